The topological polar surface area (TPSA) is 46.6 Å². The Morgan fingerprint density at radius 2 is 1.95 bits per heavy atom. The van der Waals surface area contributed by atoms with Crippen LogP contribution in [0.2, 0.25) is 0 Å². The summed E-state index contributed by atoms with van der Waals surface area (Å²) in [6.07, 6.45) is 1.36. The van der Waals surface area contributed by atoms with Gasteiger partial charge in [-0.3, -0.25) is 0 Å². The molecule has 1 aliphatic heterocycles. The second-order valence-electron chi connectivity index (χ2n) is 5.12. The molecule has 0 aliphatic carbocycles. The summed E-state index contributed by atoms with van der Waals surface area (Å²) in [5.41, 5.74) is 1.07. The zero-order valence-electron chi connectivity index (χ0n) is 12.6. The summed E-state index contributed by atoms with van der Waals surface area (Å²) in [6.45, 7) is 5.66. The van der Waals surface area contributed by atoms with Gasteiger partial charge in [0.2, 0.25) is 0 Å². The van der Waals surface area contributed by atoms with Gasteiger partial charge in [-0.25, -0.2) is 4.98 Å². The van der Waals surface area contributed by atoms with E-state index in [0.717, 1.165) is 44.1 Å². The minimum absolute atomic E-state index is 0.115. The molecule has 2 heterocycles. The Morgan fingerprint density at radius 1 is 1.25 bits per heavy atom. The molecule has 1 N–H and O–H groups in total. The maximum atomic E-state index is 5.47. The smallest absolute Gasteiger partial charge is 0.129 e. The van der Waals surface area contributed by atoms with E-state index in [0.29, 0.717) is 0 Å². The van der Waals surface area contributed by atoms with Gasteiger partial charge in [-0.2, -0.15) is 0 Å². The summed E-state index contributed by atoms with van der Waals surface area (Å²) >= 11 is 0. The third kappa shape index (κ3) is 3.69. The largest absolute Gasteiger partial charge is 0.377 e. The molecule has 0 spiro atoms. The van der Waals surface area contributed by atoms with Crippen LogP contribution in [-0.2, 0) is 16.0 Å². The fourth-order valence-electron chi connectivity index (χ4n) is 2.52. The second kappa shape index (κ2) is 7.57. The van der Waals surface area contributed by atoms with E-state index >= 15 is 0 Å². The Labute approximate surface area is 121 Å². The number of hydrogen-bond donors (Lipinski definition) is 1. The number of methoxy groups -OCH3 is 2. The average Bonchev–Trinajstić information content (AvgIpc) is 2.91. The van der Waals surface area contributed by atoms with Crippen LogP contribution in [0.1, 0.15) is 19.0 Å². The monoisotopic (exact) mass is 279 g/mol. The van der Waals surface area contributed by atoms with Crippen LogP contribution in [-0.4, -0.2) is 51.0 Å². The Balaban J connectivity index is 2.00. The highest BCUT2D eigenvalue weighted by Gasteiger charge is 2.33. The lowest BCUT2D eigenvalue weighted by atomic mass is 10.3. The standard InChI is InChI=1S/C15H25N3O2/c1-4-8-16-9-12-6-5-7-15(17-12)18-10-13(19-2)14(11-18)20-3/h5-7,13-14,16H,4,8-11H2,1-3H3. The van der Waals surface area contributed by atoms with Crippen molar-refractivity contribution in [1.82, 2.24) is 10.3 Å². The fourth-order valence-corrected chi connectivity index (χ4v) is 2.52. The van der Waals surface area contributed by atoms with E-state index in [1.165, 1.54) is 0 Å². The lowest BCUT2D eigenvalue weighted by Gasteiger charge is -2.17. The number of pyridine rings is 1. The van der Waals surface area contributed by atoms with Crippen molar-refractivity contribution in [3.05, 3.63) is 23.9 Å². The lowest BCUT2D eigenvalue weighted by molar-refractivity contribution is -0.00461. The van der Waals surface area contributed by atoms with E-state index in [9.17, 15) is 0 Å². The quantitative estimate of drug-likeness (QED) is 0.765. The summed E-state index contributed by atoms with van der Waals surface area (Å²) < 4.78 is 10.9. The van der Waals surface area contributed by atoms with Gasteiger partial charge >= 0.3 is 0 Å². The van der Waals surface area contributed by atoms with Gasteiger partial charge in [-0.05, 0) is 25.1 Å². The highest BCUT2D eigenvalue weighted by Crippen LogP contribution is 2.21. The molecule has 2 rings (SSSR count). The molecular formula is C15H25N3O2. The van der Waals surface area contributed by atoms with Crippen LogP contribution in [0.3, 0.4) is 0 Å². The van der Waals surface area contributed by atoms with Crippen molar-refractivity contribution < 1.29 is 9.47 Å². The number of nitrogens with zero attached hydrogens (tertiary/aromatic N) is 2. The van der Waals surface area contributed by atoms with E-state index in [2.05, 4.69) is 29.3 Å². The molecule has 2 atom stereocenters. The number of rotatable bonds is 7. The van der Waals surface area contributed by atoms with Crippen LogP contribution >= 0.6 is 0 Å². The van der Waals surface area contributed by atoms with Crippen molar-refractivity contribution in [3.63, 3.8) is 0 Å². The Morgan fingerprint density at radius 3 is 2.55 bits per heavy atom. The molecule has 5 heteroatoms. The van der Waals surface area contributed by atoms with Gasteiger partial charge in [0, 0.05) is 33.9 Å². The third-order valence-electron chi connectivity index (χ3n) is 3.67. The Hall–Kier alpha value is -1.17. The van der Waals surface area contributed by atoms with Gasteiger partial charge in [0.1, 0.15) is 18.0 Å². The number of hydrogen-bond acceptors (Lipinski definition) is 5. The molecule has 5 nitrogen and oxygen atoms in total. The summed E-state index contributed by atoms with van der Waals surface area (Å²) in [4.78, 5) is 6.94. The predicted molar refractivity (Wildman–Crippen MR) is 80.0 cm³/mol. The molecule has 112 valence electrons. The average molecular weight is 279 g/mol. The number of anilines is 1. The van der Waals surface area contributed by atoms with Gasteiger partial charge in [0.05, 0.1) is 5.69 Å². The molecule has 2 unspecified atom stereocenters. The Bertz CT molecular complexity index is 402. The highest BCUT2D eigenvalue weighted by atomic mass is 16.5. The predicted octanol–water partition coefficient (Wildman–Crippen LogP) is 1.43. The molecule has 1 fully saturated rings. The first-order valence-electron chi connectivity index (χ1n) is 7.25. The lowest BCUT2D eigenvalue weighted by Crippen LogP contribution is -2.27. The van der Waals surface area contributed by atoms with Crippen molar-refractivity contribution in [2.24, 2.45) is 0 Å². The zero-order chi connectivity index (χ0) is 14.4. The minimum Gasteiger partial charge on any atom is -0.377 e. The molecule has 0 radical (unpaired) electrons. The van der Waals surface area contributed by atoms with Crippen LogP contribution < -0.4 is 10.2 Å². The molecule has 1 aromatic heterocycles. The fraction of sp³-hybridized carbons (Fsp3) is 0.667. The molecule has 0 bridgehead atoms. The number of nitrogens with one attached hydrogen (secondary N) is 1. The van der Waals surface area contributed by atoms with Crippen LogP contribution in [0.25, 0.3) is 0 Å². The number of ether oxygens (including phenoxy) is 2. The van der Waals surface area contributed by atoms with Crippen molar-refractivity contribution >= 4 is 5.82 Å². The first-order chi connectivity index (χ1) is 9.78. The van der Waals surface area contributed by atoms with Crippen molar-refractivity contribution in [2.75, 3.05) is 38.8 Å². The van der Waals surface area contributed by atoms with Crippen molar-refractivity contribution in [3.8, 4) is 0 Å². The molecule has 0 aromatic carbocycles. The van der Waals surface area contributed by atoms with E-state index < -0.39 is 0 Å². The zero-order valence-corrected chi connectivity index (χ0v) is 12.6. The maximum absolute atomic E-state index is 5.47. The van der Waals surface area contributed by atoms with E-state index in [1.807, 2.05) is 6.07 Å². The minimum atomic E-state index is 0.115. The first kappa shape index (κ1) is 15.2. The van der Waals surface area contributed by atoms with Crippen LogP contribution in [0.15, 0.2) is 18.2 Å². The second-order valence-corrected chi connectivity index (χ2v) is 5.12. The third-order valence-corrected chi connectivity index (χ3v) is 3.67. The van der Waals surface area contributed by atoms with Gasteiger partial charge in [-0.1, -0.05) is 13.0 Å². The van der Waals surface area contributed by atoms with Crippen LogP contribution in [0, 0.1) is 0 Å². The molecular weight excluding hydrogens is 254 g/mol. The SMILES string of the molecule is CCCNCc1cccc(N2CC(OC)C(OC)C2)n1. The normalized spacial score (nSPS) is 22.4. The van der Waals surface area contributed by atoms with Gasteiger partial charge in [0.15, 0.2) is 0 Å². The van der Waals surface area contributed by atoms with Gasteiger partial charge in [0.25, 0.3) is 0 Å². The Kier molecular flexibility index (Phi) is 5.76. The van der Waals surface area contributed by atoms with E-state index in [4.69, 9.17) is 14.5 Å². The van der Waals surface area contributed by atoms with Crippen molar-refractivity contribution in [1.29, 1.82) is 0 Å². The summed E-state index contributed by atoms with van der Waals surface area (Å²) in [6, 6.07) is 6.17. The van der Waals surface area contributed by atoms with E-state index in [1.54, 1.807) is 14.2 Å². The summed E-state index contributed by atoms with van der Waals surface area (Å²) in [7, 11) is 3.47. The molecule has 0 amide bonds. The first-order valence-corrected chi connectivity index (χ1v) is 7.25. The van der Waals surface area contributed by atoms with Gasteiger partial charge in [-0.15, -0.1) is 0 Å². The van der Waals surface area contributed by atoms with Crippen LogP contribution in [0.5, 0.6) is 0 Å². The maximum Gasteiger partial charge on any atom is 0.129 e. The summed E-state index contributed by atoms with van der Waals surface area (Å²) in [5.74, 6) is 1.00. The summed E-state index contributed by atoms with van der Waals surface area (Å²) in [5, 5.41) is 3.38. The molecule has 1 aliphatic rings. The molecule has 1 aromatic rings. The van der Waals surface area contributed by atoms with E-state index in [-0.39, 0.29) is 12.2 Å². The molecule has 0 saturated carbocycles. The van der Waals surface area contributed by atoms with Crippen LogP contribution in [0.4, 0.5) is 5.82 Å². The van der Waals surface area contributed by atoms with Crippen molar-refractivity contribution in [2.45, 2.75) is 32.1 Å². The molecule has 20 heavy (non-hydrogen) atoms. The number of aromatic nitrogens is 1. The molecule has 1 saturated heterocycles. The van der Waals surface area contributed by atoms with Gasteiger partial charge < -0.3 is 19.7 Å². The highest BCUT2D eigenvalue weighted by molar-refractivity contribution is 5.41.